The summed E-state index contributed by atoms with van der Waals surface area (Å²) in [5.41, 5.74) is 3.62. The van der Waals surface area contributed by atoms with Crippen molar-refractivity contribution in [2.75, 3.05) is 26.2 Å². The fourth-order valence-corrected chi connectivity index (χ4v) is 4.78. The number of hydrogen-bond acceptors (Lipinski definition) is 3. The molecule has 5 nitrogen and oxygen atoms in total. The van der Waals surface area contributed by atoms with Gasteiger partial charge >= 0.3 is 0 Å². The van der Waals surface area contributed by atoms with Crippen LogP contribution in [0.2, 0.25) is 5.15 Å². The normalized spacial score (nSPS) is 18.8. The minimum atomic E-state index is 0.0255. The molecule has 0 bridgehead atoms. The molecule has 2 fully saturated rings. The van der Waals surface area contributed by atoms with Crippen LogP contribution in [0, 0.1) is 13.8 Å². The monoisotopic (exact) mass is 400 g/mol. The summed E-state index contributed by atoms with van der Waals surface area (Å²) in [4.78, 5) is 17.7. The van der Waals surface area contributed by atoms with Crippen molar-refractivity contribution < 1.29 is 4.79 Å². The average molecular weight is 401 g/mol. The second kappa shape index (κ2) is 8.26. The first-order valence-electron chi connectivity index (χ1n) is 10.3. The van der Waals surface area contributed by atoms with E-state index in [1.165, 1.54) is 31.5 Å². The second-order valence-electron chi connectivity index (χ2n) is 8.16. The van der Waals surface area contributed by atoms with Gasteiger partial charge in [-0.1, -0.05) is 41.4 Å². The predicted octanol–water partition coefficient (Wildman–Crippen LogP) is 3.90. The molecule has 0 spiro atoms. The van der Waals surface area contributed by atoms with E-state index >= 15 is 0 Å². The molecule has 0 radical (unpaired) electrons. The van der Waals surface area contributed by atoms with Gasteiger partial charge in [-0.2, -0.15) is 5.10 Å². The lowest BCUT2D eigenvalue weighted by atomic mass is 10.0. The van der Waals surface area contributed by atoms with E-state index in [2.05, 4.69) is 41.2 Å². The molecule has 0 atom stereocenters. The highest BCUT2D eigenvalue weighted by atomic mass is 35.5. The first-order chi connectivity index (χ1) is 13.5. The zero-order valence-corrected chi connectivity index (χ0v) is 17.6. The van der Waals surface area contributed by atoms with Gasteiger partial charge in [-0.25, -0.2) is 4.68 Å². The summed E-state index contributed by atoms with van der Waals surface area (Å²) in [7, 11) is 0. The lowest BCUT2D eigenvalue weighted by Gasteiger charge is -2.36. The molecule has 2 aliphatic rings. The van der Waals surface area contributed by atoms with Crippen LogP contribution in [0.4, 0.5) is 0 Å². The number of hydrogen-bond donors (Lipinski definition) is 0. The van der Waals surface area contributed by atoms with Crippen molar-refractivity contribution in [2.45, 2.75) is 52.1 Å². The molecule has 0 unspecified atom stereocenters. The number of amides is 1. The molecule has 2 aliphatic heterocycles. The number of carbonyl (C=O) groups is 1. The van der Waals surface area contributed by atoms with E-state index in [-0.39, 0.29) is 5.91 Å². The van der Waals surface area contributed by atoms with Crippen LogP contribution in [0.15, 0.2) is 24.3 Å². The number of piperidine rings is 1. The molecule has 0 aliphatic carbocycles. The maximum atomic E-state index is 13.2. The van der Waals surface area contributed by atoms with Crippen LogP contribution in [0.25, 0.3) is 0 Å². The molecule has 28 heavy (non-hydrogen) atoms. The fraction of sp³-hybridized carbons (Fsp3) is 0.545. The Balaban J connectivity index is 1.44. The quantitative estimate of drug-likeness (QED) is 0.781. The van der Waals surface area contributed by atoms with E-state index in [0.717, 1.165) is 31.5 Å². The van der Waals surface area contributed by atoms with E-state index in [4.69, 9.17) is 11.6 Å². The fourth-order valence-electron chi connectivity index (χ4n) is 4.47. The van der Waals surface area contributed by atoms with Crippen LogP contribution < -0.4 is 0 Å². The van der Waals surface area contributed by atoms with E-state index in [1.54, 1.807) is 4.68 Å². The molecule has 4 rings (SSSR count). The molecule has 0 N–H and O–H groups in total. The minimum Gasteiger partial charge on any atom is -0.338 e. The van der Waals surface area contributed by atoms with Gasteiger partial charge in [0.1, 0.15) is 5.15 Å². The Hall–Kier alpha value is -1.85. The van der Waals surface area contributed by atoms with E-state index in [9.17, 15) is 4.79 Å². The molecular formula is C22H29ClN4O. The highest BCUT2D eigenvalue weighted by molar-refractivity contribution is 6.33. The molecule has 1 aromatic carbocycles. The maximum Gasteiger partial charge on any atom is 0.258 e. The minimum absolute atomic E-state index is 0.0255. The maximum absolute atomic E-state index is 13.2. The Morgan fingerprint density at radius 2 is 1.71 bits per heavy atom. The lowest BCUT2D eigenvalue weighted by molar-refractivity contribution is 0.0644. The Morgan fingerprint density at radius 3 is 2.36 bits per heavy atom. The molecule has 2 saturated heterocycles. The molecule has 2 aromatic rings. The van der Waals surface area contributed by atoms with Crippen LogP contribution in [0.1, 0.15) is 52.9 Å². The van der Waals surface area contributed by atoms with Gasteiger partial charge < -0.3 is 9.80 Å². The number of carbonyl (C=O) groups excluding carboxylic acids is 1. The average Bonchev–Trinajstić information content (AvgIpc) is 3.32. The van der Waals surface area contributed by atoms with Gasteiger partial charge in [-0.15, -0.1) is 0 Å². The topological polar surface area (TPSA) is 41.4 Å². The van der Waals surface area contributed by atoms with Gasteiger partial charge in [-0.05, 0) is 58.2 Å². The molecule has 1 aromatic heterocycles. The zero-order chi connectivity index (χ0) is 19.7. The third-order valence-electron chi connectivity index (χ3n) is 6.14. The Bertz CT molecular complexity index is 831. The van der Waals surface area contributed by atoms with Crippen molar-refractivity contribution in [1.29, 1.82) is 0 Å². The van der Waals surface area contributed by atoms with Gasteiger partial charge in [0.2, 0.25) is 0 Å². The highest BCUT2D eigenvalue weighted by Gasteiger charge is 2.31. The first kappa shape index (κ1) is 19.5. The summed E-state index contributed by atoms with van der Waals surface area (Å²) in [5.74, 6) is 0.0255. The van der Waals surface area contributed by atoms with Crippen LogP contribution in [0.3, 0.4) is 0 Å². The van der Waals surface area contributed by atoms with Gasteiger partial charge in [-0.3, -0.25) is 4.79 Å². The van der Waals surface area contributed by atoms with Crippen molar-refractivity contribution in [3.8, 4) is 0 Å². The van der Waals surface area contributed by atoms with Crippen molar-refractivity contribution in [2.24, 2.45) is 0 Å². The largest absolute Gasteiger partial charge is 0.338 e. The number of benzene rings is 1. The Kier molecular flexibility index (Phi) is 5.74. The zero-order valence-electron chi connectivity index (χ0n) is 16.8. The van der Waals surface area contributed by atoms with E-state index in [0.29, 0.717) is 29.0 Å². The van der Waals surface area contributed by atoms with Crippen molar-refractivity contribution in [3.63, 3.8) is 0 Å². The summed E-state index contributed by atoms with van der Waals surface area (Å²) in [6, 6.07) is 8.94. The third kappa shape index (κ3) is 3.96. The lowest BCUT2D eigenvalue weighted by Crippen LogP contribution is -2.46. The highest BCUT2D eigenvalue weighted by Crippen LogP contribution is 2.26. The Morgan fingerprint density at radius 1 is 1.07 bits per heavy atom. The number of aromatic nitrogens is 2. The van der Waals surface area contributed by atoms with Crippen LogP contribution in [-0.4, -0.2) is 57.7 Å². The Labute approximate surface area is 172 Å². The molecule has 6 heteroatoms. The van der Waals surface area contributed by atoms with Crippen LogP contribution in [0.5, 0.6) is 0 Å². The summed E-state index contributed by atoms with van der Waals surface area (Å²) in [5, 5.41) is 5.00. The van der Waals surface area contributed by atoms with Gasteiger partial charge in [0.05, 0.1) is 17.8 Å². The first-order valence-corrected chi connectivity index (χ1v) is 10.7. The van der Waals surface area contributed by atoms with Crippen molar-refractivity contribution in [1.82, 2.24) is 19.6 Å². The van der Waals surface area contributed by atoms with E-state index in [1.807, 2.05) is 11.8 Å². The number of halogens is 1. The number of nitrogens with zero attached hydrogens (tertiary/aromatic N) is 4. The predicted molar refractivity (Wildman–Crippen MR) is 112 cm³/mol. The molecule has 150 valence electrons. The van der Waals surface area contributed by atoms with Gasteiger partial charge in [0.15, 0.2) is 0 Å². The van der Waals surface area contributed by atoms with Crippen LogP contribution >= 0.6 is 11.6 Å². The standard InChI is InChI=1S/C22H29ClN4O/c1-16-5-7-18(8-6-16)15-27-21(23)20(17(2)24-27)22(28)26-13-9-19(10-14-26)25-11-3-4-12-25/h5-8,19H,3-4,9-15H2,1-2H3. The smallest absolute Gasteiger partial charge is 0.258 e. The molecule has 1 amide bonds. The summed E-state index contributed by atoms with van der Waals surface area (Å²) < 4.78 is 1.74. The third-order valence-corrected chi connectivity index (χ3v) is 6.53. The van der Waals surface area contributed by atoms with Crippen molar-refractivity contribution >= 4 is 17.5 Å². The summed E-state index contributed by atoms with van der Waals surface area (Å²) >= 11 is 6.60. The SMILES string of the molecule is Cc1ccc(Cn2nc(C)c(C(=O)N3CCC(N4CCCC4)CC3)c2Cl)cc1. The van der Waals surface area contributed by atoms with Gasteiger partial charge in [0.25, 0.3) is 5.91 Å². The van der Waals surface area contributed by atoms with Crippen LogP contribution in [-0.2, 0) is 6.54 Å². The number of likely N-dealkylation sites (tertiary alicyclic amines) is 2. The number of rotatable bonds is 4. The summed E-state index contributed by atoms with van der Waals surface area (Å²) in [6.45, 7) is 8.56. The molecule has 3 heterocycles. The number of aryl methyl sites for hydroxylation is 2. The summed E-state index contributed by atoms with van der Waals surface area (Å²) in [6.07, 6.45) is 4.74. The molecule has 0 saturated carbocycles. The second-order valence-corrected chi connectivity index (χ2v) is 8.52. The van der Waals surface area contributed by atoms with E-state index < -0.39 is 0 Å². The van der Waals surface area contributed by atoms with Gasteiger partial charge in [0, 0.05) is 19.1 Å². The van der Waals surface area contributed by atoms with Crippen molar-refractivity contribution in [3.05, 3.63) is 51.8 Å². The molecular weight excluding hydrogens is 372 g/mol.